The second-order valence-electron chi connectivity index (χ2n) is 5.13. The van der Waals surface area contributed by atoms with Crippen LogP contribution in [-0.4, -0.2) is 42.5 Å². The van der Waals surface area contributed by atoms with Crippen molar-refractivity contribution in [2.24, 2.45) is 0 Å². The average Bonchev–Trinajstić information content (AvgIpc) is 2.93. The van der Waals surface area contributed by atoms with Crippen LogP contribution in [0.2, 0.25) is 0 Å². The molecule has 2 fully saturated rings. The summed E-state index contributed by atoms with van der Waals surface area (Å²) in [5, 5.41) is 1.97. The molecule has 0 bridgehead atoms. The number of Topliss-reactive ketones (excluding diaryl/α,β-unsaturated/α-hetero) is 1. The summed E-state index contributed by atoms with van der Waals surface area (Å²) in [6, 6.07) is 4.34. The van der Waals surface area contributed by atoms with Crippen LogP contribution in [0.5, 0.6) is 0 Å². The predicted molar refractivity (Wildman–Crippen MR) is 72.2 cm³/mol. The fourth-order valence-corrected chi connectivity index (χ4v) is 3.73. The molecule has 1 aliphatic carbocycles. The van der Waals surface area contributed by atoms with Crippen molar-refractivity contribution >= 4 is 17.1 Å². The Bertz CT molecular complexity index is 402. The highest BCUT2D eigenvalue weighted by Gasteiger charge is 2.34. The zero-order valence-electron chi connectivity index (χ0n) is 10.5. The van der Waals surface area contributed by atoms with Gasteiger partial charge in [0.1, 0.15) is 0 Å². The minimum Gasteiger partial charge on any atom is -0.375 e. The van der Waals surface area contributed by atoms with Crippen molar-refractivity contribution in [3.05, 3.63) is 22.4 Å². The Morgan fingerprint density at radius 1 is 1.44 bits per heavy atom. The van der Waals surface area contributed by atoms with Gasteiger partial charge in [-0.25, -0.2) is 0 Å². The maximum absolute atomic E-state index is 12.2. The van der Waals surface area contributed by atoms with Gasteiger partial charge in [0.05, 0.1) is 24.1 Å². The number of nitrogens with zero attached hydrogens (tertiary/aromatic N) is 1. The molecular formula is C14H19NO2S. The van der Waals surface area contributed by atoms with Crippen LogP contribution in [0.3, 0.4) is 0 Å². The fraction of sp³-hybridized carbons (Fsp3) is 0.643. The number of ether oxygens (including phenoxy) is 1. The van der Waals surface area contributed by atoms with Crippen molar-refractivity contribution in [1.82, 2.24) is 4.90 Å². The second kappa shape index (κ2) is 5.51. The summed E-state index contributed by atoms with van der Waals surface area (Å²) in [6.07, 6.45) is 5.25. The standard InChI is InChI=1S/C14H19NO2S/c16-12(14-6-3-9-18-14)10-15-7-8-17-13-5-2-1-4-11(13)15/h3,6,9,11,13H,1-2,4-5,7-8,10H2. The molecule has 0 N–H and O–H groups in total. The van der Waals surface area contributed by atoms with Gasteiger partial charge in [-0.05, 0) is 24.3 Å². The van der Waals surface area contributed by atoms with Crippen LogP contribution in [0.25, 0.3) is 0 Å². The average molecular weight is 265 g/mol. The van der Waals surface area contributed by atoms with E-state index in [0.29, 0.717) is 18.7 Å². The molecule has 0 spiro atoms. The van der Waals surface area contributed by atoms with E-state index in [2.05, 4.69) is 4.90 Å². The summed E-state index contributed by atoms with van der Waals surface area (Å²) in [5.41, 5.74) is 0. The van der Waals surface area contributed by atoms with Crippen LogP contribution in [0.15, 0.2) is 17.5 Å². The molecule has 0 amide bonds. The van der Waals surface area contributed by atoms with Gasteiger partial charge in [-0.15, -0.1) is 11.3 Å². The lowest BCUT2D eigenvalue weighted by Crippen LogP contribution is -2.53. The van der Waals surface area contributed by atoms with Gasteiger partial charge in [-0.2, -0.15) is 0 Å². The van der Waals surface area contributed by atoms with E-state index in [1.807, 2.05) is 17.5 Å². The van der Waals surface area contributed by atoms with Crippen LogP contribution < -0.4 is 0 Å². The van der Waals surface area contributed by atoms with Crippen molar-refractivity contribution in [3.63, 3.8) is 0 Å². The van der Waals surface area contributed by atoms with Crippen molar-refractivity contribution in [1.29, 1.82) is 0 Å². The highest BCUT2D eigenvalue weighted by atomic mass is 32.1. The molecule has 18 heavy (non-hydrogen) atoms. The number of hydrogen-bond acceptors (Lipinski definition) is 4. The highest BCUT2D eigenvalue weighted by molar-refractivity contribution is 7.12. The molecule has 98 valence electrons. The molecule has 2 heterocycles. The first kappa shape index (κ1) is 12.3. The molecule has 1 aromatic rings. The first-order valence-corrected chi connectivity index (χ1v) is 7.65. The number of ketones is 1. The van der Waals surface area contributed by atoms with Crippen LogP contribution in [-0.2, 0) is 4.74 Å². The molecule has 0 radical (unpaired) electrons. The van der Waals surface area contributed by atoms with Gasteiger partial charge < -0.3 is 4.74 Å². The fourth-order valence-electron chi connectivity index (χ4n) is 3.07. The zero-order chi connectivity index (χ0) is 12.4. The largest absolute Gasteiger partial charge is 0.375 e. The van der Waals surface area contributed by atoms with E-state index >= 15 is 0 Å². The highest BCUT2D eigenvalue weighted by Crippen LogP contribution is 2.28. The Morgan fingerprint density at radius 3 is 3.17 bits per heavy atom. The maximum Gasteiger partial charge on any atom is 0.186 e. The van der Waals surface area contributed by atoms with Gasteiger partial charge in [0.25, 0.3) is 0 Å². The second-order valence-corrected chi connectivity index (χ2v) is 6.08. The summed E-state index contributed by atoms with van der Waals surface area (Å²) < 4.78 is 5.83. The molecular weight excluding hydrogens is 246 g/mol. The van der Waals surface area contributed by atoms with Gasteiger partial charge >= 0.3 is 0 Å². The number of morpholine rings is 1. The van der Waals surface area contributed by atoms with Gasteiger partial charge in [-0.3, -0.25) is 9.69 Å². The Morgan fingerprint density at radius 2 is 2.33 bits per heavy atom. The Hall–Kier alpha value is -0.710. The molecule has 2 unspecified atom stereocenters. The third-order valence-corrected chi connectivity index (χ3v) is 4.90. The number of hydrogen-bond donors (Lipinski definition) is 0. The topological polar surface area (TPSA) is 29.5 Å². The first-order valence-electron chi connectivity index (χ1n) is 6.77. The monoisotopic (exact) mass is 265 g/mol. The molecule has 1 saturated heterocycles. The van der Waals surface area contributed by atoms with Crippen LogP contribution in [0, 0.1) is 0 Å². The van der Waals surface area contributed by atoms with Gasteiger partial charge in [-0.1, -0.05) is 18.9 Å². The first-order chi connectivity index (χ1) is 8.84. The summed E-state index contributed by atoms with van der Waals surface area (Å²) in [4.78, 5) is 15.4. The van der Waals surface area contributed by atoms with Crippen LogP contribution >= 0.6 is 11.3 Å². The van der Waals surface area contributed by atoms with Crippen LogP contribution in [0.4, 0.5) is 0 Å². The lowest BCUT2D eigenvalue weighted by molar-refractivity contribution is -0.0846. The van der Waals surface area contributed by atoms with E-state index in [4.69, 9.17) is 4.74 Å². The Labute approximate surface area is 112 Å². The van der Waals surface area contributed by atoms with E-state index in [9.17, 15) is 4.79 Å². The summed E-state index contributed by atoms with van der Waals surface area (Å²) in [7, 11) is 0. The summed E-state index contributed by atoms with van der Waals surface area (Å²) in [5.74, 6) is 0.260. The number of carbonyl (C=O) groups excluding carboxylic acids is 1. The molecule has 1 aromatic heterocycles. The van der Waals surface area contributed by atoms with E-state index in [1.165, 1.54) is 19.3 Å². The molecule has 1 saturated carbocycles. The minimum atomic E-state index is 0.260. The normalized spacial score (nSPS) is 28.9. The van der Waals surface area contributed by atoms with Crippen LogP contribution in [0.1, 0.15) is 35.4 Å². The third-order valence-electron chi connectivity index (χ3n) is 3.99. The predicted octanol–water partition coefficient (Wildman–Crippen LogP) is 2.57. The quantitative estimate of drug-likeness (QED) is 0.787. The lowest BCUT2D eigenvalue weighted by Gasteiger charge is -2.43. The number of thiophene rings is 1. The number of carbonyl (C=O) groups is 1. The Kier molecular flexibility index (Phi) is 3.77. The van der Waals surface area contributed by atoms with Crippen molar-refractivity contribution < 1.29 is 9.53 Å². The third kappa shape index (κ3) is 2.51. The van der Waals surface area contributed by atoms with Crippen molar-refractivity contribution in [2.75, 3.05) is 19.7 Å². The van der Waals surface area contributed by atoms with Gasteiger partial charge in [0.15, 0.2) is 5.78 Å². The van der Waals surface area contributed by atoms with Gasteiger partial charge in [0, 0.05) is 12.6 Å². The molecule has 1 aliphatic heterocycles. The summed E-state index contributed by atoms with van der Waals surface area (Å²) in [6.45, 7) is 2.24. The molecule has 3 nitrogen and oxygen atoms in total. The van der Waals surface area contributed by atoms with Crippen molar-refractivity contribution in [3.8, 4) is 0 Å². The molecule has 2 atom stereocenters. The molecule has 3 rings (SSSR count). The molecule has 0 aromatic carbocycles. The maximum atomic E-state index is 12.2. The number of rotatable bonds is 3. The van der Waals surface area contributed by atoms with Crippen molar-refractivity contribution in [2.45, 2.75) is 37.8 Å². The lowest BCUT2D eigenvalue weighted by atomic mass is 9.90. The van der Waals surface area contributed by atoms with E-state index in [0.717, 1.165) is 24.4 Å². The molecule has 2 aliphatic rings. The zero-order valence-corrected chi connectivity index (χ0v) is 11.3. The number of fused-ring (bicyclic) bond motifs is 1. The Balaban J connectivity index is 1.66. The smallest absolute Gasteiger partial charge is 0.186 e. The van der Waals surface area contributed by atoms with E-state index in [1.54, 1.807) is 11.3 Å². The summed E-state index contributed by atoms with van der Waals surface area (Å²) >= 11 is 1.54. The van der Waals surface area contributed by atoms with E-state index in [-0.39, 0.29) is 5.78 Å². The van der Waals surface area contributed by atoms with Gasteiger partial charge in [0.2, 0.25) is 0 Å². The minimum absolute atomic E-state index is 0.260. The SMILES string of the molecule is O=C(CN1CCOC2CCCCC21)c1cccs1. The molecule has 4 heteroatoms. The van der Waals surface area contributed by atoms with E-state index < -0.39 is 0 Å².